The molecule has 4 atom stereocenters. The molecule has 7 rings (SSSR count). The van der Waals surface area contributed by atoms with E-state index in [-0.39, 0.29) is 17.2 Å². The van der Waals surface area contributed by atoms with Gasteiger partial charge in [0.05, 0.1) is 19.3 Å². The van der Waals surface area contributed by atoms with Gasteiger partial charge in [0.15, 0.2) is 11.2 Å². The Bertz CT molecular complexity index is 1800. The zero-order chi connectivity index (χ0) is 36.0. The van der Waals surface area contributed by atoms with Gasteiger partial charge in [-0.25, -0.2) is 9.78 Å². The summed E-state index contributed by atoms with van der Waals surface area (Å²) < 4.78 is 66.8. The average molecular weight is 717 g/mol. The van der Waals surface area contributed by atoms with Crippen LogP contribution in [0, 0.1) is 0 Å². The van der Waals surface area contributed by atoms with Crippen molar-refractivity contribution in [2.75, 3.05) is 26.4 Å². The summed E-state index contributed by atoms with van der Waals surface area (Å²) in [4.78, 5) is 21.0. The van der Waals surface area contributed by atoms with Crippen molar-refractivity contribution in [2.24, 2.45) is 0 Å². The predicted molar refractivity (Wildman–Crippen MR) is 188 cm³/mol. The first-order valence-corrected chi connectivity index (χ1v) is 17.9. The van der Waals surface area contributed by atoms with Gasteiger partial charge in [-0.3, -0.25) is 0 Å². The van der Waals surface area contributed by atoms with Crippen LogP contribution in [0.3, 0.4) is 0 Å². The molecule has 1 heterocycles. The highest BCUT2D eigenvalue weighted by Crippen LogP contribution is 2.53. The Hall–Kier alpha value is -4.35. The van der Waals surface area contributed by atoms with Gasteiger partial charge in [0.25, 0.3) is 0 Å². The van der Waals surface area contributed by atoms with E-state index in [4.69, 9.17) is 33.8 Å². The highest BCUT2D eigenvalue weighted by Gasteiger charge is 2.65. The van der Waals surface area contributed by atoms with E-state index >= 15 is 13.2 Å². The second-order valence-electron chi connectivity index (χ2n) is 13.4. The molecule has 0 spiro atoms. The maximum Gasteiger partial charge on any atom is 0.406 e. The van der Waals surface area contributed by atoms with Crippen LogP contribution in [0.5, 0.6) is 17.2 Å². The molecule has 2 unspecified atom stereocenters. The van der Waals surface area contributed by atoms with Gasteiger partial charge in [-0.2, -0.15) is 18.1 Å². The normalized spacial score (nSPS) is 20.5. The van der Waals surface area contributed by atoms with Crippen LogP contribution in [-0.2, 0) is 44.1 Å². The van der Waals surface area contributed by atoms with Crippen molar-refractivity contribution in [2.45, 2.75) is 74.8 Å². The first-order chi connectivity index (χ1) is 25.4. The fraction of sp³-hybridized carbons (Fsp3) is 0.381. The third kappa shape index (κ3) is 7.43. The minimum absolute atomic E-state index is 0.0483. The van der Waals surface area contributed by atoms with Crippen LogP contribution in [-0.4, -0.2) is 45.0 Å². The Morgan fingerprint density at radius 2 is 1.54 bits per heavy atom. The van der Waals surface area contributed by atoms with Crippen molar-refractivity contribution in [1.82, 2.24) is 0 Å². The van der Waals surface area contributed by atoms with Gasteiger partial charge in [-0.05, 0) is 96.7 Å². The molecule has 4 aromatic rings. The monoisotopic (exact) mass is 716 g/mol. The lowest BCUT2D eigenvalue weighted by Gasteiger charge is -2.42. The average Bonchev–Trinajstić information content (AvgIpc) is 3.34. The number of hydrogen-bond acceptors (Lipinski definition) is 7. The van der Waals surface area contributed by atoms with Crippen LogP contribution < -0.4 is 14.4 Å². The smallest absolute Gasteiger partial charge is 0.406 e. The van der Waals surface area contributed by atoms with Gasteiger partial charge in [0.1, 0.15) is 24.7 Å². The summed E-state index contributed by atoms with van der Waals surface area (Å²) in [6.07, 6.45) is 0.0850. The van der Waals surface area contributed by atoms with E-state index in [0.29, 0.717) is 50.6 Å². The molecule has 0 fully saturated rings. The molecule has 52 heavy (non-hydrogen) atoms. The zero-order valence-corrected chi connectivity index (χ0v) is 28.9. The maximum absolute atomic E-state index is 16.0. The van der Waals surface area contributed by atoms with Crippen molar-refractivity contribution in [1.29, 1.82) is 0 Å². The van der Waals surface area contributed by atoms with Crippen molar-refractivity contribution < 1.29 is 46.9 Å². The van der Waals surface area contributed by atoms with E-state index in [1.54, 1.807) is 48.5 Å². The van der Waals surface area contributed by atoms with Crippen molar-refractivity contribution in [3.63, 3.8) is 0 Å². The summed E-state index contributed by atoms with van der Waals surface area (Å²) in [6, 6.07) is 26.2. The Morgan fingerprint density at radius 1 is 0.769 bits per heavy atom. The largest absolute Gasteiger partial charge is 0.494 e. The number of halogens is 3. The summed E-state index contributed by atoms with van der Waals surface area (Å²) in [7, 11) is 0. The molecular weight excluding hydrogens is 673 g/mol. The van der Waals surface area contributed by atoms with Crippen LogP contribution in [0.15, 0.2) is 104 Å². The fourth-order valence-electron chi connectivity index (χ4n) is 7.66. The highest BCUT2D eigenvalue weighted by molar-refractivity contribution is 5.55. The molecule has 2 aliphatic carbocycles. The quantitative estimate of drug-likeness (QED) is 0.0558. The summed E-state index contributed by atoms with van der Waals surface area (Å²) in [6.45, 7) is 3.65. The van der Waals surface area contributed by atoms with Crippen molar-refractivity contribution >= 4 is 0 Å². The Morgan fingerprint density at radius 3 is 2.35 bits per heavy atom. The fourth-order valence-corrected chi connectivity index (χ4v) is 7.66. The Kier molecular flexibility index (Phi) is 11.2. The molecule has 10 heteroatoms. The summed E-state index contributed by atoms with van der Waals surface area (Å²) in [5.74, 6) is 0.918. The third-order valence-corrected chi connectivity index (χ3v) is 10.2. The lowest BCUT2D eigenvalue weighted by Crippen LogP contribution is -2.59. The second kappa shape index (κ2) is 16.1. The van der Waals surface area contributed by atoms with Gasteiger partial charge >= 0.3 is 6.18 Å². The molecule has 0 N–H and O–H groups in total. The van der Waals surface area contributed by atoms with Gasteiger partial charge < -0.3 is 19.1 Å². The standard InChI is InChI=1S/C42H43F3O7/c1-2-25-47-48-27-10-26-46-32-19-21-33(22-20-32)52-49-28-41(42(43,44)45,31-13-4-3-5-14-31)40-50-36-23-17-29-11-6-8-15-34(29)38(36)39-35-16-9-7-12-30(35)18-24-37(39)51-40/h2-6,8,11,13-15,18-22,24,36,38,40H,1,7,9-10,12,16-17,23,25-28H2/t36?,38-,40?,41-/m0/s1. The highest BCUT2D eigenvalue weighted by atomic mass is 19.4. The number of fused-ring (bicyclic) bond motifs is 7. The first kappa shape index (κ1) is 36.0. The van der Waals surface area contributed by atoms with Crippen LogP contribution >= 0.6 is 0 Å². The molecule has 4 aromatic carbocycles. The molecule has 274 valence electrons. The molecular formula is C42H43F3O7. The maximum atomic E-state index is 16.0. The molecule has 1 aliphatic heterocycles. The molecule has 0 amide bonds. The number of aryl methyl sites for hydroxylation is 2. The molecule has 0 radical (unpaired) electrons. The van der Waals surface area contributed by atoms with E-state index in [2.05, 4.69) is 18.7 Å². The van der Waals surface area contributed by atoms with Crippen LogP contribution in [0.25, 0.3) is 0 Å². The minimum Gasteiger partial charge on any atom is -0.494 e. The molecule has 0 saturated heterocycles. The summed E-state index contributed by atoms with van der Waals surface area (Å²) >= 11 is 0. The number of rotatable bonds is 14. The van der Waals surface area contributed by atoms with Gasteiger partial charge in [-0.15, -0.1) is 6.58 Å². The molecule has 0 aromatic heterocycles. The third-order valence-electron chi connectivity index (χ3n) is 10.2. The summed E-state index contributed by atoms with van der Waals surface area (Å²) in [5, 5.41) is 0. The van der Waals surface area contributed by atoms with Gasteiger partial charge in [-0.1, -0.05) is 66.7 Å². The number of ether oxygens (including phenoxy) is 3. The number of benzene rings is 4. The number of hydrogen-bond donors (Lipinski definition) is 0. The first-order valence-electron chi connectivity index (χ1n) is 17.9. The van der Waals surface area contributed by atoms with Crippen molar-refractivity contribution in [3.05, 3.63) is 137 Å². The van der Waals surface area contributed by atoms with E-state index in [0.717, 1.165) is 36.8 Å². The van der Waals surface area contributed by atoms with E-state index in [1.807, 2.05) is 24.3 Å². The van der Waals surface area contributed by atoms with Gasteiger partial charge in [0, 0.05) is 17.9 Å². The zero-order valence-electron chi connectivity index (χ0n) is 28.9. The topological polar surface area (TPSA) is 64.6 Å². The van der Waals surface area contributed by atoms with Crippen molar-refractivity contribution in [3.8, 4) is 17.2 Å². The number of alkyl halides is 3. The van der Waals surface area contributed by atoms with E-state index < -0.39 is 30.6 Å². The van der Waals surface area contributed by atoms with Crippen LogP contribution in [0.2, 0.25) is 0 Å². The van der Waals surface area contributed by atoms with Crippen LogP contribution in [0.4, 0.5) is 13.2 Å². The Balaban J connectivity index is 1.17. The lowest BCUT2D eigenvalue weighted by atomic mass is 9.73. The minimum atomic E-state index is -4.87. The lowest BCUT2D eigenvalue weighted by molar-refractivity contribution is -0.317. The van der Waals surface area contributed by atoms with E-state index in [1.165, 1.54) is 28.8 Å². The molecule has 3 aliphatic rings. The van der Waals surface area contributed by atoms with Crippen LogP contribution in [0.1, 0.15) is 65.0 Å². The predicted octanol–water partition coefficient (Wildman–Crippen LogP) is 9.16. The molecule has 7 nitrogen and oxygen atoms in total. The SMILES string of the molecule is C=CCOOCCCOc1ccc(OOC[C@](c2ccccc2)(C2Oc3ccc4c(c3[C@H]3c5ccccc5CCC3O2)CCCC4)C(F)(F)F)cc1. The van der Waals surface area contributed by atoms with E-state index in [9.17, 15) is 0 Å². The Labute approximate surface area is 302 Å². The molecule has 0 bridgehead atoms. The summed E-state index contributed by atoms with van der Waals surface area (Å²) in [5.41, 5.74) is 2.82. The second-order valence-corrected chi connectivity index (χ2v) is 13.4. The molecule has 0 saturated carbocycles. The van der Waals surface area contributed by atoms with Gasteiger partial charge in [0.2, 0.25) is 6.29 Å².